The minimum atomic E-state index is -3.98. The molecule has 2 rings (SSSR count). The standard InChI is InChI=1S/C19H29NO6S/c1-14(20)13-25-15-5-7-16(8-6-15)27(22,23)19(9-11-24-12-10-19)17(21)26-18(2,3)4/h5-8,14H,9-13,20H2,1-4H3/t14-/m0/s1. The maximum absolute atomic E-state index is 13.4. The highest BCUT2D eigenvalue weighted by Gasteiger charge is 2.54. The van der Waals surface area contributed by atoms with Crippen molar-refractivity contribution in [2.24, 2.45) is 5.73 Å². The van der Waals surface area contributed by atoms with Crippen molar-refractivity contribution >= 4 is 15.8 Å². The van der Waals surface area contributed by atoms with E-state index in [-0.39, 0.29) is 37.0 Å². The summed E-state index contributed by atoms with van der Waals surface area (Å²) in [7, 11) is -3.98. The second-order valence-electron chi connectivity index (χ2n) is 7.87. The molecule has 1 aliphatic heterocycles. The van der Waals surface area contributed by atoms with Gasteiger partial charge in [-0.2, -0.15) is 0 Å². The molecule has 0 saturated carbocycles. The molecule has 0 amide bonds. The van der Waals surface area contributed by atoms with E-state index in [0.29, 0.717) is 12.4 Å². The molecule has 7 nitrogen and oxygen atoms in total. The zero-order chi connectivity index (χ0) is 20.3. The van der Waals surface area contributed by atoms with E-state index < -0.39 is 26.2 Å². The molecule has 1 heterocycles. The van der Waals surface area contributed by atoms with Crippen molar-refractivity contribution in [2.75, 3.05) is 19.8 Å². The molecule has 0 unspecified atom stereocenters. The lowest BCUT2D eigenvalue weighted by atomic mass is 9.99. The number of nitrogens with two attached hydrogens (primary N) is 1. The van der Waals surface area contributed by atoms with Crippen LogP contribution in [0.5, 0.6) is 5.75 Å². The quantitative estimate of drug-likeness (QED) is 0.730. The summed E-state index contributed by atoms with van der Waals surface area (Å²) in [6.45, 7) is 7.67. The number of sulfone groups is 1. The van der Waals surface area contributed by atoms with Crippen LogP contribution in [0.2, 0.25) is 0 Å². The van der Waals surface area contributed by atoms with Gasteiger partial charge < -0.3 is 19.9 Å². The molecule has 1 atom stereocenters. The van der Waals surface area contributed by atoms with Gasteiger partial charge in [-0.3, -0.25) is 4.79 Å². The summed E-state index contributed by atoms with van der Waals surface area (Å²) < 4.78 is 41.4. The molecule has 1 fully saturated rings. The van der Waals surface area contributed by atoms with Crippen LogP contribution in [0.25, 0.3) is 0 Å². The largest absolute Gasteiger partial charge is 0.492 e. The minimum absolute atomic E-state index is 0.0587. The number of hydrogen-bond acceptors (Lipinski definition) is 7. The highest BCUT2D eigenvalue weighted by atomic mass is 32.2. The van der Waals surface area contributed by atoms with Crippen molar-refractivity contribution in [1.29, 1.82) is 0 Å². The number of hydrogen-bond donors (Lipinski definition) is 1. The van der Waals surface area contributed by atoms with E-state index in [2.05, 4.69) is 0 Å². The summed E-state index contributed by atoms with van der Waals surface area (Å²) in [6.07, 6.45) is 0.125. The van der Waals surface area contributed by atoms with Crippen molar-refractivity contribution < 1.29 is 27.4 Å². The fourth-order valence-electron chi connectivity index (χ4n) is 2.82. The Kier molecular flexibility index (Phi) is 6.55. The zero-order valence-corrected chi connectivity index (χ0v) is 17.2. The number of ether oxygens (including phenoxy) is 3. The fraction of sp³-hybridized carbons (Fsp3) is 0.632. The maximum atomic E-state index is 13.4. The van der Waals surface area contributed by atoms with E-state index in [4.69, 9.17) is 19.9 Å². The molecular formula is C19H29NO6S. The van der Waals surface area contributed by atoms with E-state index >= 15 is 0 Å². The first kappa shape index (κ1) is 21.7. The zero-order valence-electron chi connectivity index (χ0n) is 16.4. The van der Waals surface area contributed by atoms with Crippen molar-refractivity contribution in [2.45, 2.75) is 61.8 Å². The first-order chi connectivity index (χ1) is 12.5. The van der Waals surface area contributed by atoms with Crippen LogP contribution in [-0.4, -0.2) is 50.6 Å². The molecule has 1 aliphatic rings. The van der Waals surface area contributed by atoms with Crippen LogP contribution in [0.1, 0.15) is 40.5 Å². The molecule has 27 heavy (non-hydrogen) atoms. The van der Waals surface area contributed by atoms with Crippen LogP contribution in [0, 0.1) is 0 Å². The smallest absolute Gasteiger partial charge is 0.328 e. The van der Waals surface area contributed by atoms with Gasteiger partial charge in [0.1, 0.15) is 18.0 Å². The number of carbonyl (C=O) groups excluding carboxylic acids is 1. The van der Waals surface area contributed by atoms with E-state index in [1.807, 2.05) is 6.92 Å². The van der Waals surface area contributed by atoms with Gasteiger partial charge in [0.15, 0.2) is 14.6 Å². The predicted octanol–water partition coefficient (Wildman–Crippen LogP) is 2.08. The van der Waals surface area contributed by atoms with Crippen LogP contribution in [-0.2, 0) is 24.1 Å². The number of carbonyl (C=O) groups is 1. The van der Waals surface area contributed by atoms with Gasteiger partial charge in [0.2, 0.25) is 0 Å². The van der Waals surface area contributed by atoms with Crippen molar-refractivity contribution in [1.82, 2.24) is 0 Å². The van der Waals surface area contributed by atoms with Crippen LogP contribution in [0.3, 0.4) is 0 Å². The molecule has 0 radical (unpaired) electrons. The van der Waals surface area contributed by atoms with Gasteiger partial charge in [-0.25, -0.2) is 8.42 Å². The first-order valence-electron chi connectivity index (χ1n) is 9.02. The molecule has 0 bridgehead atoms. The molecular weight excluding hydrogens is 370 g/mol. The molecule has 2 N–H and O–H groups in total. The first-order valence-corrected chi connectivity index (χ1v) is 10.5. The van der Waals surface area contributed by atoms with Gasteiger partial charge in [-0.15, -0.1) is 0 Å². The third-order valence-electron chi connectivity index (χ3n) is 4.23. The Morgan fingerprint density at radius 1 is 1.22 bits per heavy atom. The fourth-order valence-corrected chi connectivity index (χ4v) is 4.73. The molecule has 1 aromatic rings. The molecule has 1 saturated heterocycles. The Labute approximate surface area is 161 Å². The summed E-state index contributed by atoms with van der Waals surface area (Å²) in [6, 6.07) is 5.90. The normalized spacial score (nSPS) is 18.6. The Morgan fingerprint density at radius 2 is 1.78 bits per heavy atom. The lowest BCUT2D eigenvalue weighted by Crippen LogP contribution is -2.53. The summed E-state index contributed by atoms with van der Waals surface area (Å²) in [5.74, 6) is -0.208. The monoisotopic (exact) mass is 399 g/mol. The van der Waals surface area contributed by atoms with Crippen LogP contribution >= 0.6 is 0 Å². The molecule has 1 aromatic carbocycles. The van der Waals surface area contributed by atoms with Crippen molar-refractivity contribution in [3.63, 3.8) is 0 Å². The van der Waals surface area contributed by atoms with E-state index in [1.165, 1.54) is 12.1 Å². The lowest BCUT2D eigenvalue weighted by Gasteiger charge is -2.36. The molecule has 8 heteroatoms. The SMILES string of the molecule is C[C@H](N)COc1ccc(S(=O)(=O)C2(C(=O)OC(C)(C)C)CCOCC2)cc1. The lowest BCUT2D eigenvalue weighted by molar-refractivity contribution is -0.160. The number of esters is 1. The molecule has 0 aliphatic carbocycles. The Hall–Kier alpha value is -1.64. The Balaban J connectivity index is 2.35. The third kappa shape index (κ3) is 5.00. The second kappa shape index (κ2) is 8.16. The van der Waals surface area contributed by atoms with E-state index in [9.17, 15) is 13.2 Å². The average molecular weight is 400 g/mol. The van der Waals surface area contributed by atoms with Gasteiger partial charge in [-0.05, 0) is 52.0 Å². The predicted molar refractivity (Wildman–Crippen MR) is 101 cm³/mol. The summed E-state index contributed by atoms with van der Waals surface area (Å²) >= 11 is 0. The highest BCUT2D eigenvalue weighted by molar-refractivity contribution is 7.93. The van der Waals surface area contributed by atoms with E-state index in [0.717, 1.165) is 0 Å². The summed E-state index contributed by atoms with van der Waals surface area (Å²) in [4.78, 5) is 13.0. The summed E-state index contributed by atoms with van der Waals surface area (Å²) in [5, 5.41) is 0. The van der Waals surface area contributed by atoms with Gasteiger partial charge in [0.25, 0.3) is 0 Å². The van der Waals surface area contributed by atoms with Crippen LogP contribution in [0.15, 0.2) is 29.2 Å². The highest BCUT2D eigenvalue weighted by Crippen LogP contribution is 2.37. The third-order valence-corrected chi connectivity index (χ3v) is 6.73. The molecule has 0 aromatic heterocycles. The van der Waals surface area contributed by atoms with Crippen molar-refractivity contribution in [3.8, 4) is 5.75 Å². The van der Waals surface area contributed by atoms with Gasteiger partial charge in [0, 0.05) is 32.1 Å². The minimum Gasteiger partial charge on any atom is -0.492 e. The van der Waals surface area contributed by atoms with E-state index in [1.54, 1.807) is 32.9 Å². The summed E-state index contributed by atoms with van der Waals surface area (Å²) in [5.41, 5.74) is 4.87. The van der Waals surface area contributed by atoms with Gasteiger partial charge in [0.05, 0.1) is 4.90 Å². The second-order valence-corrected chi connectivity index (χ2v) is 10.1. The Morgan fingerprint density at radius 3 is 2.26 bits per heavy atom. The van der Waals surface area contributed by atoms with Crippen molar-refractivity contribution in [3.05, 3.63) is 24.3 Å². The average Bonchev–Trinajstić information content (AvgIpc) is 2.59. The van der Waals surface area contributed by atoms with Gasteiger partial charge in [-0.1, -0.05) is 0 Å². The van der Waals surface area contributed by atoms with Crippen LogP contribution < -0.4 is 10.5 Å². The molecule has 152 valence electrons. The maximum Gasteiger partial charge on any atom is 0.328 e. The Bertz CT molecular complexity index is 743. The topological polar surface area (TPSA) is 105 Å². The number of benzene rings is 1. The van der Waals surface area contributed by atoms with Crippen LogP contribution in [0.4, 0.5) is 0 Å². The number of rotatable bonds is 6. The molecule has 0 spiro atoms. The van der Waals surface area contributed by atoms with Gasteiger partial charge >= 0.3 is 5.97 Å².